The fraction of sp³-hybridized carbons (Fsp3) is 0.600. The zero-order chi connectivity index (χ0) is 20.2. The molecular weight excluding hydrogens is 812 g/mol. The van der Waals surface area contributed by atoms with Crippen LogP contribution in [0.25, 0.3) is 0 Å². The van der Waals surface area contributed by atoms with Crippen molar-refractivity contribution in [3.8, 4) is 0 Å². The van der Waals surface area contributed by atoms with E-state index in [9.17, 15) is 14.7 Å². The first kappa shape index (κ1) is 22.3. The average molecular weight is 832 g/mol. The van der Waals surface area contributed by atoms with E-state index in [1.165, 1.54) is 5.57 Å². The lowest BCUT2D eigenvalue weighted by Gasteiger charge is -2.48. The molecule has 0 radical (unpaired) electrons. The second-order valence-electron chi connectivity index (χ2n) is 7.94. The number of Topliss-reactive ketones (excluding diaryl/α,β-unsaturated/α-hetero) is 1. The van der Waals surface area contributed by atoms with Crippen molar-refractivity contribution < 1.29 is 19.4 Å². The highest BCUT2D eigenvalue weighted by atomic mass is 127. The van der Waals surface area contributed by atoms with Crippen molar-refractivity contribution in [3.05, 3.63) is 30.1 Å². The van der Waals surface area contributed by atoms with E-state index in [0.717, 1.165) is 44.1 Å². The molecule has 3 aliphatic carbocycles. The maximum atomic E-state index is 12.6. The molecule has 1 heterocycles. The van der Waals surface area contributed by atoms with Crippen LogP contribution in [0.2, 0.25) is 0 Å². The summed E-state index contributed by atoms with van der Waals surface area (Å²) in [6.07, 6.45) is 7.80. The molecule has 152 valence electrons. The Labute approximate surface area is 219 Å². The minimum Gasteiger partial charge on any atom is -0.487 e. The van der Waals surface area contributed by atoms with Crippen LogP contribution in [-0.4, -0.2) is 30.8 Å². The summed E-state index contributed by atoms with van der Waals surface area (Å²) in [6, 6.07) is 0. The molecule has 6 unspecified atom stereocenters. The van der Waals surface area contributed by atoms with Crippen molar-refractivity contribution in [2.75, 3.05) is 0 Å². The maximum Gasteiger partial charge on any atom is 0.307 e. The third kappa shape index (κ3) is 3.97. The zero-order valence-electron chi connectivity index (χ0n) is 15.0. The van der Waals surface area contributed by atoms with Gasteiger partial charge in [0.25, 0.3) is 0 Å². The molecule has 0 aromatic carbocycles. The van der Waals surface area contributed by atoms with E-state index in [1.54, 1.807) is 0 Å². The van der Waals surface area contributed by atoms with Crippen molar-refractivity contribution in [1.82, 2.24) is 0 Å². The lowest BCUT2D eigenvalue weighted by atomic mass is 9.65. The molecule has 0 saturated heterocycles. The molecule has 8 heteroatoms. The van der Waals surface area contributed by atoms with Crippen LogP contribution in [0.1, 0.15) is 38.5 Å². The van der Waals surface area contributed by atoms with Gasteiger partial charge in [0.15, 0.2) is 0 Å². The Bertz CT molecular complexity index is 815. The predicted molar refractivity (Wildman–Crippen MR) is 141 cm³/mol. The van der Waals surface area contributed by atoms with E-state index >= 15 is 0 Å². The highest BCUT2D eigenvalue weighted by molar-refractivity contribution is 14.1. The van der Waals surface area contributed by atoms with Crippen LogP contribution >= 0.6 is 90.4 Å². The third-order valence-electron chi connectivity index (χ3n) is 6.32. The van der Waals surface area contributed by atoms with Crippen LogP contribution in [0.3, 0.4) is 0 Å². The first-order valence-electron chi connectivity index (χ1n) is 9.53. The van der Waals surface area contributed by atoms with Crippen LogP contribution < -0.4 is 0 Å². The Balaban J connectivity index is 1.91. The minimum atomic E-state index is -0.681. The summed E-state index contributed by atoms with van der Waals surface area (Å²) in [5.74, 6) is -0.0245. The number of carboxylic acids is 1. The van der Waals surface area contributed by atoms with Crippen molar-refractivity contribution in [1.29, 1.82) is 0 Å². The van der Waals surface area contributed by atoms with Crippen molar-refractivity contribution in [3.63, 3.8) is 0 Å². The Morgan fingerprint density at radius 2 is 1.82 bits per heavy atom. The number of hydrogen-bond acceptors (Lipinski definition) is 3. The Morgan fingerprint density at radius 1 is 1.11 bits per heavy atom. The van der Waals surface area contributed by atoms with Crippen LogP contribution in [0.15, 0.2) is 30.1 Å². The first-order chi connectivity index (χ1) is 13.3. The molecular formula is C20H20I4O4. The summed E-state index contributed by atoms with van der Waals surface area (Å²) in [5, 5.41) is 9.94. The summed E-state index contributed by atoms with van der Waals surface area (Å²) < 4.78 is 8.74. The topological polar surface area (TPSA) is 63.6 Å². The van der Waals surface area contributed by atoms with Gasteiger partial charge in [-0.2, -0.15) is 0 Å². The molecule has 4 nitrogen and oxygen atoms in total. The fourth-order valence-electron chi connectivity index (χ4n) is 5.12. The van der Waals surface area contributed by atoms with Crippen LogP contribution in [0, 0.1) is 17.8 Å². The number of rotatable bonds is 2. The van der Waals surface area contributed by atoms with Gasteiger partial charge in [-0.15, -0.1) is 0 Å². The number of carbonyl (C=O) groups excluding carboxylic acids is 1. The van der Waals surface area contributed by atoms with Gasteiger partial charge in [0, 0.05) is 19.3 Å². The summed E-state index contributed by atoms with van der Waals surface area (Å²) in [5.41, 5.74) is 2.26. The monoisotopic (exact) mass is 832 g/mol. The predicted octanol–water partition coefficient (Wildman–Crippen LogP) is 6.14. The molecule has 1 aliphatic heterocycles. The number of halogens is 4. The molecule has 0 amide bonds. The van der Waals surface area contributed by atoms with E-state index in [0.29, 0.717) is 20.8 Å². The van der Waals surface area contributed by atoms with E-state index in [-0.39, 0.29) is 29.6 Å². The smallest absolute Gasteiger partial charge is 0.307 e. The minimum absolute atomic E-state index is 0.0174. The van der Waals surface area contributed by atoms with Gasteiger partial charge in [-0.3, -0.25) is 9.59 Å². The molecule has 2 fully saturated rings. The summed E-state index contributed by atoms with van der Waals surface area (Å²) in [6.45, 7) is 0. The summed E-state index contributed by atoms with van der Waals surface area (Å²) >= 11 is 9.24. The van der Waals surface area contributed by atoms with Crippen LogP contribution in [-0.2, 0) is 14.3 Å². The van der Waals surface area contributed by atoms with Gasteiger partial charge in [0.2, 0.25) is 5.78 Å². The van der Waals surface area contributed by atoms with Gasteiger partial charge in [-0.05, 0) is 88.4 Å². The number of ketones is 1. The number of aliphatic carboxylic acids is 1. The number of carbonyl (C=O) groups is 2. The van der Waals surface area contributed by atoms with Gasteiger partial charge < -0.3 is 9.84 Å². The molecule has 0 aromatic heterocycles. The van der Waals surface area contributed by atoms with Gasteiger partial charge in [0.1, 0.15) is 15.4 Å². The number of carboxylic acid groups (broad SMARTS) is 1. The van der Waals surface area contributed by atoms with Crippen molar-refractivity contribution in [2.24, 2.45) is 17.8 Å². The Hall–Kier alpha value is 1.08. The highest BCUT2D eigenvalue weighted by Gasteiger charge is 2.49. The Kier molecular flexibility index (Phi) is 7.09. The Morgan fingerprint density at radius 3 is 2.54 bits per heavy atom. The second kappa shape index (κ2) is 8.91. The first-order valence-corrected chi connectivity index (χ1v) is 14.2. The molecule has 4 aliphatic rings. The van der Waals surface area contributed by atoms with Crippen LogP contribution in [0.4, 0.5) is 0 Å². The lowest BCUT2D eigenvalue weighted by molar-refractivity contribution is -0.144. The van der Waals surface area contributed by atoms with Crippen LogP contribution in [0.5, 0.6) is 0 Å². The number of alkyl halides is 2. The van der Waals surface area contributed by atoms with Gasteiger partial charge >= 0.3 is 5.97 Å². The number of hydrogen-bond donors (Lipinski definition) is 1. The quantitative estimate of drug-likeness (QED) is 0.269. The molecule has 0 spiro atoms. The maximum absolute atomic E-state index is 12.6. The van der Waals surface area contributed by atoms with E-state index in [1.807, 2.05) is 6.08 Å². The molecule has 0 aromatic rings. The molecule has 6 atom stereocenters. The highest BCUT2D eigenvalue weighted by Crippen LogP contribution is 2.53. The van der Waals surface area contributed by atoms with E-state index in [2.05, 4.69) is 90.4 Å². The molecule has 2 saturated carbocycles. The average Bonchev–Trinajstić information content (AvgIpc) is 2.65. The largest absolute Gasteiger partial charge is 0.487 e. The molecule has 4 rings (SSSR count). The fourth-order valence-corrected chi connectivity index (χ4v) is 10.3. The lowest BCUT2D eigenvalue weighted by Crippen LogP contribution is -2.47. The van der Waals surface area contributed by atoms with Crippen molar-refractivity contribution >= 4 is 102 Å². The third-order valence-corrected chi connectivity index (χ3v) is 10.3. The summed E-state index contributed by atoms with van der Waals surface area (Å²) in [4.78, 5) is 24.7. The molecule has 0 bridgehead atoms. The van der Waals surface area contributed by atoms with Gasteiger partial charge in [-0.1, -0.05) is 58.0 Å². The zero-order valence-corrected chi connectivity index (χ0v) is 23.6. The molecule has 28 heavy (non-hydrogen) atoms. The molecule has 1 N–H and O–H groups in total. The standard InChI is InChI=1S/C20H20I4O4/c21-8-5-11-15(9-3-1-2-4-10(9)20(26)27)12-7-13(22)17(25)16(24)19(12)28-18(11)14(23)6-8/h7-11,14,18H,1-6H2,(H,26,27). The van der Waals surface area contributed by atoms with E-state index in [4.69, 9.17) is 4.74 Å². The number of ether oxygens (including phenoxy) is 1. The normalized spacial score (nSPS) is 38.4. The van der Waals surface area contributed by atoms with Gasteiger partial charge in [-0.25, -0.2) is 0 Å². The SMILES string of the molecule is O=C1C(I)=CC2=C(C3CCCCC3C(=O)O)C3CC(I)CC(I)C3OC2=C1I. The second-order valence-corrected chi connectivity index (χ2v) is 13.5. The van der Waals surface area contributed by atoms with E-state index < -0.39 is 5.97 Å². The number of allylic oxidation sites excluding steroid dienone is 3. The van der Waals surface area contributed by atoms with Gasteiger partial charge in [0.05, 0.1) is 9.50 Å². The number of fused-ring (bicyclic) bond motifs is 2. The summed E-state index contributed by atoms with van der Waals surface area (Å²) in [7, 11) is 0. The van der Waals surface area contributed by atoms with Crippen molar-refractivity contribution in [2.45, 2.75) is 52.5 Å².